The van der Waals surface area contributed by atoms with Crippen LogP contribution in [-0.4, -0.2) is 53.1 Å². The monoisotopic (exact) mass is 371 g/mol. The average molecular weight is 371 g/mol. The molecule has 1 saturated heterocycles. The van der Waals surface area contributed by atoms with E-state index >= 15 is 0 Å². The molecule has 0 aliphatic carbocycles. The predicted octanol–water partition coefficient (Wildman–Crippen LogP) is 3.07. The van der Waals surface area contributed by atoms with Gasteiger partial charge in [-0.1, -0.05) is 13.0 Å². The molecule has 3 heterocycles. The number of aromatic nitrogens is 2. The van der Waals surface area contributed by atoms with Crippen LogP contribution in [0.4, 0.5) is 0 Å². The molecule has 0 saturated carbocycles. The third kappa shape index (κ3) is 3.96. The molecule has 6 nitrogen and oxygen atoms in total. The van der Waals surface area contributed by atoms with Crippen LogP contribution in [0.2, 0.25) is 0 Å². The van der Waals surface area contributed by atoms with E-state index < -0.39 is 0 Å². The zero-order valence-electron chi connectivity index (χ0n) is 16.5. The summed E-state index contributed by atoms with van der Waals surface area (Å²) in [5.74, 6) is 3.13. The Labute approximate surface area is 161 Å². The zero-order chi connectivity index (χ0) is 18.9. The van der Waals surface area contributed by atoms with Gasteiger partial charge in [0.15, 0.2) is 11.5 Å². The van der Waals surface area contributed by atoms with Gasteiger partial charge in [0.2, 0.25) is 6.79 Å². The summed E-state index contributed by atoms with van der Waals surface area (Å²) in [4.78, 5) is 7.19. The number of imidazole rings is 1. The lowest BCUT2D eigenvalue weighted by Gasteiger charge is -2.41. The largest absolute Gasteiger partial charge is 0.454 e. The molecule has 2 aliphatic heterocycles. The van der Waals surface area contributed by atoms with Gasteiger partial charge < -0.3 is 18.8 Å². The number of benzene rings is 1. The summed E-state index contributed by atoms with van der Waals surface area (Å²) in [6.07, 6.45) is 4.94. The molecule has 1 fully saturated rings. The van der Waals surface area contributed by atoms with Gasteiger partial charge in [0.1, 0.15) is 5.82 Å². The van der Waals surface area contributed by atoms with Crippen LogP contribution in [0.5, 0.6) is 11.5 Å². The Morgan fingerprint density at radius 1 is 1.15 bits per heavy atom. The topological polar surface area (TPSA) is 48.8 Å². The Bertz CT molecular complexity index is 781. The van der Waals surface area contributed by atoms with Crippen molar-refractivity contribution in [1.82, 2.24) is 14.5 Å². The van der Waals surface area contributed by atoms with Crippen molar-refractivity contribution in [3.8, 4) is 11.5 Å². The van der Waals surface area contributed by atoms with Crippen LogP contribution < -0.4 is 9.47 Å². The van der Waals surface area contributed by atoms with Gasteiger partial charge in [-0.2, -0.15) is 0 Å². The molecule has 1 atom stereocenters. The number of morpholine rings is 1. The van der Waals surface area contributed by atoms with Gasteiger partial charge in [0.25, 0.3) is 0 Å². The molecule has 0 N–H and O–H groups in total. The summed E-state index contributed by atoms with van der Waals surface area (Å²) in [6.45, 7) is 11.7. The van der Waals surface area contributed by atoms with E-state index in [9.17, 15) is 0 Å². The number of nitrogens with zero attached hydrogens (tertiary/aromatic N) is 3. The van der Waals surface area contributed by atoms with E-state index in [0.29, 0.717) is 12.7 Å². The van der Waals surface area contributed by atoms with Gasteiger partial charge in [0, 0.05) is 43.5 Å². The Morgan fingerprint density at radius 2 is 1.93 bits per heavy atom. The average Bonchev–Trinajstić information content (AvgIpc) is 3.31. The fourth-order valence-corrected chi connectivity index (χ4v) is 4.08. The highest BCUT2D eigenvalue weighted by molar-refractivity contribution is 5.44. The molecule has 0 bridgehead atoms. The molecule has 1 aromatic heterocycles. The van der Waals surface area contributed by atoms with Crippen LogP contribution in [-0.2, 0) is 17.7 Å². The first-order chi connectivity index (χ1) is 13.0. The molecule has 2 aromatic rings. The van der Waals surface area contributed by atoms with Gasteiger partial charge in [-0.25, -0.2) is 4.98 Å². The lowest BCUT2D eigenvalue weighted by Crippen LogP contribution is -2.52. The van der Waals surface area contributed by atoms with E-state index in [4.69, 9.17) is 14.2 Å². The first-order valence-electron chi connectivity index (χ1n) is 9.75. The van der Waals surface area contributed by atoms with Crippen molar-refractivity contribution < 1.29 is 14.2 Å². The summed E-state index contributed by atoms with van der Waals surface area (Å²) in [6, 6.07) is 6.21. The second-order valence-corrected chi connectivity index (χ2v) is 8.12. The lowest BCUT2D eigenvalue weighted by molar-refractivity contribution is -0.0159. The lowest BCUT2D eigenvalue weighted by atomic mass is 9.98. The van der Waals surface area contributed by atoms with E-state index in [-0.39, 0.29) is 5.54 Å². The van der Waals surface area contributed by atoms with Gasteiger partial charge in [-0.05, 0) is 38.0 Å². The smallest absolute Gasteiger partial charge is 0.231 e. The van der Waals surface area contributed by atoms with E-state index in [1.54, 1.807) is 0 Å². The summed E-state index contributed by atoms with van der Waals surface area (Å²) < 4.78 is 18.7. The standard InChI is InChI=1S/C21H29N3O3/c1-16(12-17-4-5-18-19(13-17)27-15-26-18)20-22-6-7-23(20)14-21(2,3)24-8-10-25-11-9-24/h4-7,13,16H,8-12,14-15H2,1-3H3. The first kappa shape index (κ1) is 18.3. The van der Waals surface area contributed by atoms with E-state index in [1.165, 1.54) is 5.56 Å². The molecule has 146 valence electrons. The Morgan fingerprint density at radius 3 is 2.74 bits per heavy atom. The third-order valence-corrected chi connectivity index (χ3v) is 5.59. The summed E-state index contributed by atoms with van der Waals surface area (Å²) in [5.41, 5.74) is 1.31. The summed E-state index contributed by atoms with van der Waals surface area (Å²) in [5, 5.41) is 0. The molecule has 1 unspecified atom stereocenters. The maximum Gasteiger partial charge on any atom is 0.231 e. The first-order valence-corrected chi connectivity index (χ1v) is 9.75. The van der Waals surface area contributed by atoms with Crippen LogP contribution in [0.1, 0.15) is 38.1 Å². The molecule has 0 spiro atoms. The molecule has 1 aromatic carbocycles. The minimum atomic E-state index is 0.0672. The second-order valence-electron chi connectivity index (χ2n) is 8.12. The van der Waals surface area contributed by atoms with E-state index in [0.717, 1.165) is 56.6 Å². The number of hydrogen-bond acceptors (Lipinski definition) is 5. The molecule has 4 rings (SSSR count). The highest BCUT2D eigenvalue weighted by Gasteiger charge is 2.29. The minimum Gasteiger partial charge on any atom is -0.454 e. The second kappa shape index (κ2) is 7.52. The van der Waals surface area contributed by atoms with Gasteiger partial charge >= 0.3 is 0 Å². The van der Waals surface area contributed by atoms with Crippen molar-refractivity contribution in [3.63, 3.8) is 0 Å². The summed E-state index contributed by atoms with van der Waals surface area (Å²) in [7, 11) is 0. The van der Waals surface area contributed by atoms with Crippen molar-refractivity contribution in [1.29, 1.82) is 0 Å². The van der Waals surface area contributed by atoms with Crippen molar-refractivity contribution >= 4 is 0 Å². The van der Waals surface area contributed by atoms with Gasteiger partial charge in [-0.15, -0.1) is 0 Å². The van der Waals surface area contributed by atoms with E-state index in [2.05, 4.69) is 53.6 Å². The third-order valence-electron chi connectivity index (χ3n) is 5.59. The van der Waals surface area contributed by atoms with Crippen molar-refractivity contribution in [2.24, 2.45) is 0 Å². The fourth-order valence-electron chi connectivity index (χ4n) is 4.08. The molecule has 0 amide bonds. The quantitative estimate of drug-likeness (QED) is 0.781. The zero-order valence-corrected chi connectivity index (χ0v) is 16.5. The molecule has 27 heavy (non-hydrogen) atoms. The predicted molar refractivity (Wildman–Crippen MR) is 103 cm³/mol. The van der Waals surface area contributed by atoms with Gasteiger partial charge in [-0.3, -0.25) is 4.90 Å². The van der Waals surface area contributed by atoms with Crippen molar-refractivity contribution in [3.05, 3.63) is 42.0 Å². The number of ether oxygens (including phenoxy) is 3. The Kier molecular flexibility index (Phi) is 5.10. The molecule has 0 radical (unpaired) electrons. The number of hydrogen-bond donors (Lipinski definition) is 0. The highest BCUT2D eigenvalue weighted by atomic mass is 16.7. The molecular weight excluding hydrogens is 342 g/mol. The van der Waals surface area contributed by atoms with Crippen LogP contribution in [0.15, 0.2) is 30.6 Å². The molecular formula is C21H29N3O3. The van der Waals surface area contributed by atoms with Crippen LogP contribution in [0.25, 0.3) is 0 Å². The Hall–Kier alpha value is -2.05. The summed E-state index contributed by atoms with van der Waals surface area (Å²) >= 11 is 0. The van der Waals surface area contributed by atoms with Crippen molar-refractivity contribution in [2.75, 3.05) is 33.1 Å². The Balaban J connectivity index is 1.46. The maximum absolute atomic E-state index is 5.51. The molecule has 6 heteroatoms. The van der Waals surface area contributed by atoms with Crippen LogP contribution in [0.3, 0.4) is 0 Å². The van der Waals surface area contributed by atoms with E-state index in [1.807, 2.05) is 12.3 Å². The normalized spacial score (nSPS) is 18.6. The SMILES string of the molecule is CC(Cc1ccc2c(c1)OCO2)c1nccn1CC(C)(C)N1CCOCC1. The van der Waals surface area contributed by atoms with Gasteiger partial charge in [0.05, 0.1) is 13.2 Å². The maximum atomic E-state index is 5.51. The highest BCUT2D eigenvalue weighted by Crippen LogP contribution is 2.34. The minimum absolute atomic E-state index is 0.0672. The molecule has 2 aliphatic rings. The van der Waals surface area contributed by atoms with Crippen molar-refractivity contribution in [2.45, 2.75) is 45.2 Å². The van der Waals surface area contributed by atoms with Crippen LogP contribution >= 0.6 is 0 Å². The fraction of sp³-hybridized carbons (Fsp3) is 0.571. The number of fused-ring (bicyclic) bond motifs is 1. The number of rotatable bonds is 6. The van der Waals surface area contributed by atoms with Crippen LogP contribution in [0, 0.1) is 0 Å².